The molecule has 3 unspecified atom stereocenters. The van der Waals surface area contributed by atoms with Crippen molar-refractivity contribution in [3.05, 3.63) is 53.8 Å². The van der Waals surface area contributed by atoms with Crippen LogP contribution in [0.2, 0.25) is 0 Å². The topological polar surface area (TPSA) is 131 Å². The average Bonchev–Trinajstić information content (AvgIpc) is 2.47. The molecule has 3 atom stereocenters. The van der Waals surface area contributed by atoms with E-state index < -0.39 is 19.8 Å². The van der Waals surface area contributed by atoms with Crippen molar-refractivity contribution in [2.24, 2.45) is 10.7 Å². The molecule has 5 N–H and O–H groups in total. The third-order valence-corrected chi connectivity index (χ3v) is 4.30. The predicted octanol–water partition coefficient (Wildman–Crippen LogP) is 2.41. The summed E-state index contributed by atoms with van der Waals surface area (Å²) in [6.45, 7) is 1.86. The number of aromatic hydroxyl groups is 1. The fraction of sp³-hybridized carbons (Fsp3) is 0.312. The number of phenolic OH excluding ortho intramolecular Hbond substituents is 1. The van der Waals surface area contributed by atoms with Gasteiger partial charge in [0.05, 0.1) is 11.8 Å². The molecule has 7 nitrogen and oxygen atoms in total. The van der Waals surface area contributed by atoms with Crippen LogP contribution in [0.15, 0.2) is 53.0 Å². The molecule has 0 aromatic heterocycles. The van der Waals surface area contributed by atoms with Crippen molar-refractivity contribution in [1.82, 2.24) is 0 Å². The fourth-order valence-corrected chi connectivity index (χ4v) is 3.14. The van der Waals surface area contributed by atoms with Crippen LogP contribution >= 0.6 is 7.75 Å². The SMILES string of the molecule is CC(CC(O)C1C=C(O)C=CC1=NP(=O)(O)O)c1cccc(O)c1. The van der Waals surface area contributed by atoms with E-state index >= 15 is 0 Å². The predicted molar refractivity (Wildman–Crippen MR) is 90.0 cm³/mol. The highest BCUT2D eigenvalue weighted by atomic mass is 31.2. The molecule has 130 valence electrons. The van der Waals surface area contributed by atoms with Crippen LogP contribution in [0.5, 0.6) is 5.75 Å². The lowest BCUT2D eigenvalue weighted by Crippen LogP contribution is -2.29. The van der Waals surface area contributed by atoms with Crippen LogP contribution < -0.4 is 0 Å². The minimum absolute atomic E-state index is 0.0109. The molecule has 1 aliphatic carbocycles. The Balaban J connectivity index is 2.19. The van der Waals surface area contributed by atoms with Gasteiger partial charge in [-0.25, -0.2) is 4.57 Å². The molecule has 0 saturated carbocycles. The number of hydrogen-bond acceptors (Lipinski definition) is 4. The molecule has 0 radical (unpaired) electrons. The number of benzene rings is 1. The monoisotopic (exact) mass is 353 g/mol. The standard InChI is InChI=1S/C16H20NO6P/c1-10(11-3-2-4-12(18)8-11)7-16(20)14-9-13(19)5-6-15(14)17-24(21,22)23/h2-6,8-10,14,16,18-20H,7H2,1H3,(H2,21,22,23). The molecular weight excluding hydrogens is 333 g/mol. The second-order valence-electron chi connectivity index (χ2n) is 5.79. The highest BCUT2D eigenvalue weighted by Gasteiger charge is 2.28. The third kappa shape index (κ3) is 5.04. The van der Waals surface area contributed by atoms with Gasteiger partial charge in [-0.15, -0.1) is 0 Å². The van der Waals surface area contributed by atoms with Gasteiger partial charge >= 0.3 is 7.75 Å². The quantitative estimate of drug-likeness (QED) is 0.517. The summed E-state index contributed by atoms with van der Waals surface area (Å²) < 4.78 is 14.5. The zero-order valence-electron chi connectivity index (χ0n) is 13.0. The Bertz CT molecular complexity index is 736. The van der Waals surface area contributed by atoms with Gasteiger partial charge in [-0.1, -0.05) is 19.1 Å². The summed E-state index contributed by atoms with van der Waals surface area (Å²) in [5.74, 6) is -0.934. The lowest BCUT2D eigenvalue weighted by atomic mass is 9.85. The van der Waals surface area contributed by atoms with Crippen LogP contribution in [0.25, 0.3) is 0 Å². The lowest BCUT2D eigenvalue weighted by Gasteiger charge is -2.25. The Kier molecular flexibility index (Phi) is 5.62. The summed E-state index contributed by atoms with van der Waals surface area (Å²) in [5.41, 5.74) is 0.832. The molecule has 0 spiro atoms. The maximum absolute atomic E-state index is 11.1. The van der Waals surface area contributed by atoms with E-state index in [0.717, 1.165) is 5.56 Å². The Morgan fingerprint density at radius 2 is 1.96 bits per heavy atom. The van der Waals surface area contributed by atoms with Crippen molar-refractivity contribution in [3.63, 3.8) is 0 Å². The summed E-state index contributed by atoms with van der Waals surface area (Å²) in [7, 11) is -4.65. The minimum Gasteiger partial charge on any atom is -0.508 e. The van der Waals surface area contributed by atoms with E-state index in [1.165, 1.54) is 18.2 Å². The number of aliphatic hydroxyl groups is 2. The minimum atomic E-state index is -4.65. The number of aliphatic hydroxyl groups excluding tert-OH is 2. The first-order chi connectivity index (χ1) is 11.2. The molecular formula is C16H20NO6P. The molecule has 0 aliphatic heterocycles. The van der Waals surface area contributed by atoms with Crippen molar-refractivity contribution in [2.45, 2.75) is 25.4 Å². The van der Waals surface area contributed by atoms with Crippen LogP contribution in [-0.2, 0) is 4.57 Å². The smallest absolute Gasteiger partial charge is 0.448 e. The fourth-order valence-electron chi connectivity index (χ4n) is 2.64. The maximum atomic E-state index is 11.1. The van der Waals surface area contributed by atoms with Crippen molar-refractivity contribution in [2.75, 3.05) is 0 Å². The van der Waals surface area contributed by atoms with Crippen LogP contribution in [0.4, 0.5) is 0 Å². The molecule has 0 fully saturated rings. The van der Waals surface area contributed by atoms with E-state index in [9.17, 15) is 19.9 Å². The largest absolute Gasteiger partial charge is 0.508 e. The second-order valence-corrected chi connectivity index (χ2v) is 7.01. The summed E-state index contributed by atoms with van der Waals surface area (Å²) in [6, 6.07) is 6.65. The Hall–Kier alpha value is -1.92. The van der Waals surface area contributed by atoms with Crippen molar-refractivity contribution in [3.8, 4) is 5.75 Å². The van der Waals surface area contributed by atoms with Gasteiger partial charge < -0.3 is 25.1 Å². The lowest BCUT2D eigenvalue weighted by molar-refractivity contribution is 0.137. The molecule has 1 aliphatic rings. The van der Waals surface area contributed by atoms with Gasteiger partial charge in [0.15, 0.2) is 0 Å². The zero-order valence-corrected chi connectivity index (χ0v) is 13.9. The van der Waals surface area contributed by atoms with Crippen LogP contribution in [0, 0.1) is 5.92 Å². The third-order valence-electron chi connectivity index (χ3n) is 3.81. The molecule has 8 heteroatoms. The Labute approximate surface area is 139 Å². The number of rotatable bonds is 5. The summed E-state index contributed by atoms with van der Waals surface area (Å²) in [6.07, 6.45) is 3.09. The van der Waals surface area contributed by atoms with Crippen LogP contribution in [-0.4, -0.2) is 36.9 Å². The maximum Gasteiger partial charge on any atom is 0.448 e. The van der Waals surface area contributed by atoms with Crippen LogP contribution in [0.3, 0.4) is 0 Å². The van der Waals surface area contributed by atoms with Crippen molar-refractivity contribution < 1.29 is 29.7 Å². The van der Waals surface area contributed by atoms with E-state index in [4.69, 9.17) is 9.79 Å². The number of nitrogens with zero attached hydrogens (tertiary/aromatic N) is 1. The highest BCUT2D eigenvalue weighted by Crippen LogP contribution is 2.39. The van der Waals surface area contributed by atoms with E-state index in [2.05, 4.69) is 4.76 Å². The molecule has 1 aromatic carbocycles. The van der Waals surface area contributed by atoms with E-state index in [-0.39, 0.29) is 29.6 Å². The first-order valence-corrected chi connectivity index (χ1v) is 8.94. The zero-order chi connectivity index (χ0) is 17.9. The van der Waals surface area contributed by atoms with E-state index in [0.29, 0.717) is 0 Å². The summed E-state index contributed by atoms with van der Waals surface area (Å²) >= 11 is 0. The van der Waals surface area contributed by atoms with Gasteiger partial charge in [-0.05, 0) is 48.3 Å². The highest BCUT2D eigenvalue weighted by molar-refractivity contribution is 7.50. The van der Waals surface area contributed by atoms with Gasteiger partial charge in [0.2, 0.25) is 0 Å². The molecule has 0 heterocycles. The van der Waals surface area contributed by atoms with E-state index in [1.54, 1.807) is 18.2 Å². The summed E-state index contributed by atoms with van der Waals surface area (Å²) in [4.78, 5) is 18.0. The number of hydrogen-bond donors (Lipinski definition) is 5. The van der Waals surface area contributed by atoms with Gasteiger partial charge in [0.1, 0.15) is 11.5 Å². The number of allylic oxidation sites excluding steroid dienone is 2. The molecule has 2 rings (SSSR count). The Morgan fingerprint density at radius 3 is 2.58 bits per heavy atom. The van der Waals surface area contributed by atoms with Crippen molar-refractivity contribution >= 4 is 13.5 Å². The van der Waals surface area contributed by atoms with Crippen LogP contribution in [0.1, 0.15) is 24.8 Å². The Morgan fingerprint density at radius 1 is 1.25 bits per heavy atom. The first-order valence-electron chi connectivity index (χ1n) is 7.37. The van der Waals surface area contributed by atoms with Gasteiger partial charge in [-0.2, -0.15) is 4.76 Å². The van der Waals surface area contributed by atoms with Gasteiger partial charge in [0.25, 0.3) is 0 Å². The normalized spacial score (nSPS) is 22.2. The van der Waals surface area contributed by atoms with Gasteiger partial charge in [0, 0.05) is 5.92 Å². The second kappa shape index (κ2) is 7.32. The molecule has 24 heavy (non-hydrogen) atoms. The molecule has 0 saturated heterocycles. The van der Waals surface area contributed by atoms with E-state index in [1.807, 2.05) is 13.0 Å². The van der Waals surface area contributed by atoms with Gasteiger partial charge in [-0.3, -0.25) is 0 Å². The number of phenols is 1. The first kappa shape index (κ1) is 18.4. The van der Waals surface area contributed by atoms with Crippen molar-refractivity contribution in [1.29, 1.82) is 0 Å². The molecule has 0 amide bonds. The molecule has 1 aromatic rings. The molecule has 0 bridgehead atoms. The average molecular weight is 353 g/mol. The summed E-state index contributed by atoms with van der Waals surface area (Å²) in [5, 5.41) is 29.6.